The van der Waals surface area contributed by atoms with Crippen LogP contribution in [0.2, 0.25) is 0 Å². The lowest BCUT2D eigenvalue weighted by molar-refractivity contribution is -0.113. The summed E-state index contributed by atoms with van der Waals surface area (Å²) in [6.07, 6.45) is 2.48. The highest BCUT2D eigenvalue weighted by Gasteiger charge is 2.27. The maximum atomic E-state index is 12.6. The Labute approximate surface area is 178 Å². The van der Waals surface area contributed by atoms with E-state index in [9.17, 15) is 18.0 Å². The number of ether oxygens (including phenoxy) is 1. The minimum atomic E-state index is -3.46. The Morgan fingerprint density at radius 2 is 1.97 bits per heavy atom. The molecule has 0 unspecified atom stereocenters. The molecule has 0 fully saturated rings. The number of para-hydroxylation sites is 1. The van der Waals surface area contributed by atoms with Gasteiger partial charge in [-0.3, -0.25) is 9.59 Å². The summed E-state index contributed by atoms with van der Waals surface area (Å²) in [5.41, 5.74) is 3.89. The molecule has 0 aliphatic carbocycles. The van der Waals surface area contributed by atoms with E-state index in [-0.39, 0.29) is 24.8 Å². The number of carbonyl (C=O) groups is 2. The molecule has 1 amide bonds. The fraction of sp³-hybridized carbons (Fsp3) is 0.190. The van der Waals surface area contributed by atoms with Gasteiger partial charge in [-0.15, -0.1) is 0 Å². The van der Waals surface area contributed by atoms with E-state index in [0.717, 1.165) is 11.9 Å². The van der Waals surface area contributed by atoms with Crippen molar-refractivity contribution < 1.29 is 22.7 Å². The number of benzene rings is 1. The fourth-order valence-electron chi connectivity index (χ4n) is 3.36. The molecule has 4 rings (SSSR count). The van der Waals surface area contributed by atoms with Crippen LogP contribution in [0.1, 0.15) is 16.1 Å². The van der Waals surface area contributed by atoms with Crippen molar-refractivity contribution in [2.24, 2.45) is 0 Å². The molecule has 1 aliphatic rings. The first-order valence-electron chi connectivity index (χ1n) is 9.42. The molecule has 31 heavy (non-hydrogen) atoms. The number of hydrogen-bond donors (Lipinski definition) is 3. The number of pyridine rings is 1. The number of amides is 1. The van der Waals surface area contributed by atoms with Crippen LogP contribution in [0.25, 0.3) is 11.3 Å². The zero-order chi connectivity index (χ0) is 22.0. The van der Waals surface area contributed by atoms with Gasteiger partial charge >= 0.3 is 0 Å². The van der Waals surface area contributed by atoms with E-state index in [2.05, 4.69) is 20.6 Å². The molecule has 2 aromatic heterocycles. The lowest BCUT2D eigenvalue weighted by Crippen LogP contribution is -2.22. The maximum absolute atomic E-state index is 12.6. The van der Waals surface area contributed by atoms with Crippen molar-refractivity contribution in [2.45, 2.75) is 6.61 Å². The number of nitrogens with one attached hydrogen (secondary N) is 3. The second-order valence-corrected chi connectivity index (χ2v) is 9.32. The summed E-state index contributed by atoms with van der Waals surface area (Å²) in [5.74, 6) is -1.25. The molecule has 9 nitrogen and oxygen atoms in total. The topological polar surface area (TPSA) is 130 Å². The Hall–Kier alpha value is -3.50. The average molecular weight is 440 g/mol. The number of H-pyrrole nitrogens is 1. The maximum Gasteiger partial charge on any atom is 0.240 e. The number of hydrogen-bond acceptors (Lipinski definition) is 7. The van der Waals surface area contributed by atoms with Crippen molar-refractivity contribution in [1.82, 2.24) is 9.97 Å². The third kappa shape index (κ3) is 4.81. The zero-order valence-corrected chi connectivity index (χ0v) is 17.5. The van der Waals surface area contributed by atoms with Crippen molar-refractivity contribution in [3.05, 3.63) is 59.9 Å². The zero-order valence-electron chi connectivity index (χ0n) is 16.6. The van der Waals surface area contributed by atoms with E-state index in [1.165, 1.54) is 6.20 Å². The SMILES string of the molecule is CS(=O)(=O)CC(=O)Nc1cc(-c2[nH]c3c(c2Nc2ccccc2)C(=O)COC3)ccn1. The van der Waals surface area contributed by atoms with Gasteiger partial charge in [0.1, 0.15) is 18.2 Å². The Bertz CT molecular complexity index is 1250. The summed E-state index contributed by atoms with van der Waals surface area (Å²) < 4.78 is 28.0. The number of ketones is 1. The minimum absolute atomic E-state index is 0.00307. The summed E-state index contributed by atoms with van der Waals surface area (Å²) >= 11 is 0. The van der Waals surface area contributed by atoms with Crippen LogP contribution >= 0.6 is 0 Å². The van der Waals surface area contributed by atoms with E-state index in [0.29, 0.717) is 28.2 Å². The number of sulfone groups is 1. The van der Waals surface area contributed by atoms with Crippen LogP contribution in [0, 0.1) is 0 Å². The lowest BCUT2D eigenvalue weighted by Gasteiger charge is -2.14. The number of aromatic amines is 1. The molecular formula is C21H20N4O5S. The Morgan fingerprint density at radius 1 is 1.19 bits per heavy atom. The summed E-state index contributed by atoms with van der Waals surface area (Å²) in [4.78, 5) is 31.9. The molecule has 1 aliphatic heterocycles. The van der Waals surface area contributed by atoms with Gasteiger partial charge in [-0.05, 0) is 24.3 Å². The first kappa shape index (κ1) is 20.8. The molecule has 0 bridgehead atoms. The number of anilines is 3. The van der Waals surface area contributed by atoms with Gasteiger partial charge in [-0.25, -0.2) is 13.4 Å². The van der Waals surface area contributed by atoms with Crippen LogP contribution in [0.4, 0.5) is 17.2 Å². The third-order valence-corrected chi connectivity index (χ3v) is 5.38. The number of Topliss-reactive ketones (excluding diaryl/α,β-unsaturated/α-hetero) is 1. The molecule has 3 N–H and O–H groups in total. The predicted molar refractivity (Wildman–Crippen MR) is 116 cm³/mol. The predicted octanol–water partition coefficient (Wildman–Crippen LogP) is 2.52. The van der Waals surface area contributed by atoms with Gasteiger partial charge in [0.25, 0.3) is 0 Å². The summed E-state index contributed by atoms with van der Waals surface area (Å²) in [6, 6.07) is 12.8. The monoisotopic (exact) mass is 440 g/mol. The second-order valence-electron chi connectivity index (χ2n) is 7.18. The van der Waals surface area contributed by atoms with Gasteiger partial charge in [-0.2, -0.15) is 0 Å². The van der Waals surface area contributed by atoms with Crippen molar-refractivity contribution in [3.63, 3.8) is 0 Å². The van der Waals surface area contributed by atoms with Gasteiger partial charge in [0, 0.05) is 23.7 Å². The van der Waals surface area contributed by atoms with E-state index < -0.39 is 21.5 Å². The summed E-state index contributed by atoms with van der Waals surface area (Å²) in [5, 5.41) is 5.80. The molecule has 160 valence electrons. The largest absolute Gasteiger partial charge is 0.367 e. The normalized spacial score (nSPS) is 13.5. The number of aromatic nitrogens is 2. The molecule has 0 saturated heterocycles. The quantitative estimate of drug-likeness (QED) is 0.537. The Kier molecular flexibility index (Phi) is 5.57. The van der Waals surface area contributed by atoms with Crippen molar-refractivity contribution >= 4 is 38.7 Å². The second kappa shape index (κ2) is 8.32. The Balaban J connectivity index is 1.72. The molecule has 0 saturated carbocycles. The summed E-state index contributed by atoms with van der Waals surface area (Å²) in [7, 11) is -3.46. The number of nitrogens with zero attached hydrogens (tertiary/aromatic N) is 1. The van der Waals surface area contributed by atoms with Gasteiger partial charge in [0.2, 0.25) is 5.91 Å². The van der Waals surface area contributed by atoms with Crippen LogP contribution in [-0.2, 0) is 26.0 Å². The van der Waals surface area contributed by atoms with Gasteiger partial charge in [-0.1, -0.05) is 18.2 Å². The number of fused-ring (bicyclic) bond motifs is 1. The molecule has 10 heteroatoms. The molecule has 1 aromatic carbocycles. The highest BCUT2D eigenvalue weighted by atomic mass is 32.2. The van der Waals surface area contributed by atoms with Crippen molar-refractivity contribution in [2.75, 3.05) is 29.2 Å². The first-order valence-corrected chi connectivity index (χ1v) is 11.5. The van der Waals surface area contributed by atoms with Gasteiger partial charge < -0.3 is 20.4 Å². The average Bonchev–Trinajstić information content (AvgIpc) is 3.07. The Morgan fingerprint density at radius 3 is 2.71 bits per heavy atom. The van der Waals surface area contributed by atoms with Crippen LogP contribution < -0.4 is 10.6 Å². The van der Waals surface area contributed by atoms with Gasteiger partial charge in [0.05, 0.1) is 29.2 Å². The van der Waals surface area contributed by atoms with Crippen LogP contribution in [0.5, 0.6) is 0 Å². The van der Waals surface area contributed by atoms with E-state index in [4.69, 9.17) is 4.74 Å². The molecular weight excluding hydrogens is 420 g/mol. The molecule has 3 aromatic rings. The van der Waals surface area contributed by atoms with Crippen LogP contribution in [0.15, 0.2) is 48.7 Å². The fourth-order valence-corrected chi connectivity index (χ4v) is 3.91. The first-order chi connectivity index (χ1) is 14.8. The molecule has 0 radical (unpaired) electrons. The standard InChI is InChI=1S/C21H20N4O5S/c1-31(28,29)12-18(27)25-17-9-13(7-8-22-17)20-21(23-14-5-3-2-4-6-14)19-15(24-20)10-30-11-16(19)26/h2-9,23-24H,10-12H2,1H3,(H,22,25,27). The van der Waals surface area contributed by atoms with Crippen molar-refractivity contribution in [3.8, 4) is 11.3 Å². The number of rotatable bonds is 6. The smallest absolute Gasteiger partial charge is 0.240 e. The van der Waals surface area contributed by atoms with E-state index in [1.54, 1.807) is 12.1 Å². The van der Waals surface area contributed by atoms with Gasteiger partial charge in [0.15, 0.2) is 15.6 Å². The van der Waals surface area contributed by atoms with Crippen LogP contribution in [-0.4, -0.2) is 48.7 Å². The van der Waals surface area contributed by atoms with E-state index >= 15 is 0 Å². The van der Waals surface area contributed by atoms with Crippen molar-refractivity contribution in [1.29, 1.82) is 0 Å². The molecule has 3 heterocycles. The van der Waals surface area contributed by atoms with E-state index in [1.807, 2.05) is 30.3 Å². The lowest BCUT2D eigenvalue weighted by atomic mass is 10.0. The molecule has 0 atom stereocenters. The van der Waals surface area contributed by atoms with Crippen LogP contribution in [0.3, 0.4) is 0 Å². The molecule has 0 spiro atoms. The minimum Gasteiger partial charge on any atom is -0.367 e. The third-order valence-electron chi connectivity index (χ3n) is 4.59. The highest BCUT2D eigenvalue weighted by Crippen LogP contribution is 2.37. The highest BCUT2D eigenvalue weighted by molar-refractivity contribution is 7.91. The number of carbonyl (C=O) groups excluding carboxylic acids is 2. The summed E-state index contributed by atoms with van der Waals surface area (Å²) in [6.45, 7) is 0.268.